The number of furan rings is 1. The second-order valence-corrected chi connectivity index (χ2v) is 14.9. The van der Waals surface area contributed by atoms with Gasteiger partial charge in [0.25, 0.3) is 0 Å². The third kappa shape index (κ3) is 4.82. The van der Waals surface area contributed by atoms with Gasteiger partial charge in [-0.05, 0) is 104 Å². The number of hydrogen-bond donors (Lipinski definition) is 1. The Balaban J connectivity index is 1.22. The molecule has 1 N–H and O–H groups in total. The monoisotopic (exact) mass is 659 g/mol. The molecule has 0 radical (unpaired) electrons. The van der Waals surface area contributed by atoms with Crippen molar-refractivity contribution in [2.75, 3.05) is 12.9 Å². The summed E-state index contributed by atoms with van der Waals surface area (Å²) in [5, 5.41) is 25.8. The largest absolute Gasteiger partial charge is 0.457 e. The highest BCUT2D eigenvalue weighted by atomic mass is 32.2. The Hall–Kier alpha value is -3.72. The van der Waals surface area contributed by atoms with E-state index in [2.05, 4.69) is 13.0 Å². The van der Waals surface area contributed by atoms with Gasteiger partial charge in [-0.25, -0.2) is 13.9 Å². The molecule has 0 saturated heterocycles. The van der Waals surface area contributed by atoms with Crippen LogP contribution in [0.1, 0.15) is 73.3 Å². The number of rotatable bonds is 7. The van der Waals surface area contributed by atoms with Crippen LogP contribution in [0.25, 0.3) is 11.8 Å². The Labute approximate surface area is 277 Å². The van der Waals surface area contributed by atoms with Crippen molar-refractivity contribution >= 4 is 28.9 Å². The minimum Gasteiger partial charge on any atom is -0.457 e. The molecular formula is C36H38FN3O6S. The topological polar surface area (TPSA) is 128 Å². The number of thioether (sulfide) groups is 1. The fraction of sp³-hybridized carbons (Fsp3) is 0.500. The van der Waals surface area contributed by atoms with Gasteiger partial charge in [-0.15, -0.1) is 0 Å². The van der Waals surface area contributed by atoms with Crippen LogP contribution in [-0.4, -0.2) is 50.5 Å². The number of esters is 1. The van der Waals surface area contributed by atoms with Crippen LogP contribution in [0.3, 0.4) is 0 Å². The Morgan fingerprint density at radius 3 is 2.85 bits per heavy atom. The number of ether oxygens (including phenoxy) is 2. The Bertz CT molecular complexity index is 1800. The molecule has 3 fully saturated rings. The van der Waals surface area contributed by atoms with Crippen LogP contribution < -0.4 is 0 Å². The lowest BCUT2D eigenvalue weighted by Crippen LogP contribution is -2.62. The van der Waals surface area contributed by atoms with Crippen molar-refractivity contribution < 1.29 is 33.0 Å². The van der Waals surface area contributed by atoms with Crippen LogP contribution in [0.2, 0.25) is 0 Å². The van der Waals surface area contributed by atoms with Crippen molar-refractivity contribution in [1.29, 1.82) is 5.26 Å². The first-order valence-electron chi connectivity index (χ1n) is 16.1. The number of halogens is 1. The molecule has 0 bridgehead atoms. The molecule has 0 unspecified atom stereocenters. The number of nitriles is 1. The Morgan fingerprint density at radius 2 is 2.11 bits per heavy atom. The molecule has 7 rings (SSSR count). The smallest absolute Gasteiger partial charge is 0.375 e. The van der Waals surface area contributed by atoms with Crippen molar-refractivity contribution in [3.05, 3.63) is 76.8 Å². The average molecular weight is 660 g/mol. The summed E-state index contributed by atoms with van der Waals surface area (Å²) < 4.78 is 32.9. The molecular weight excluding hydrogens is 621 g/mol. The molecule has 0 amide bonds. The molecule has 2 aromatic heterocycles. The number of benzene rings is 1. The van der Waals surface area contributed by atoms with Crippen molar-refractivity contribution in [1.82, 2.24) is 9.78 Å². The summed E-state index contributed by atoms with van der Waals surface area (Å²) in [6, 6.07) is 10.1. The summed E-state index contributed by atoms with van der Waals surface area (Å²) in [6.45, 7) is 4.39. The van der Waals surface area contributed by atoms with E-state index in [0.29, 0.717) is 24.8 Å². The highest BCUT2D eigenvalue weighted by Gasteiger charge is 2.70. The van der Waals surface area contributed by atoms with Gasteiger partial charge in [0, 0.05) is 18.1 Å². The molecule has 2 heterocycles. The van der Waals surface area contributed by atoms with Gasteiger partial charge >= 0.3 is 5.97 Å². The van der Waals surface area contributed by atoms with Crippen LogP contribution in [-0.2, 0) is 27.3 Å². The maximum Gasteiger partial charge on any atom is 0.375 e. The van der Waals surface area contributed by atoms with Gasteiger partial charge in [-0.1, -0.05) is 31.2 Å². The highest BCUT2D eigenvalue weighted by molar-refractivity contribution is 8.14. The van der Waals surface area contributed by atoms with Gasteiger partial charge < -0.3 is 19.0 Å². The van der Waals surface area contributed by atoms with E-state index >= 15 is 0 Å². The molecule has 246 valence electrons. The second-order valence-electron chi connectivity index (χ2n) is 13.9. The van der Waals surface area contributed by atoms with E-state index in [1.54, 1.807) is 18.2 Å². The number of nitrogens with zero attached hydrogens (tertiary/aromatic N) is 3. The summed E-state index contributed by atoms with van der Waals surface area (Å²) >= 11 is 0.875. The molecule has 3 aromatic rings. The molecule has 0 spiro atoms. The van der Waals surface area contributed by atoms with Gasteiger partial charge in [-0.2, -0.15) is 10.4 Å². The second kappa shape index (κ2) is 11.8. The molecule has 11 heteroatoms. The first kappa shape index (κ1) is 31.9. The summed E-state index contributed by atoms with van der Waals surface area (Å²) in [5.41, 5.74) is 1.82. The number of carbonyl (C=O) groups is 2. The molecule has 7 atom stereocenters. The lowest BCUT2D eigenvalue weighted by molar-refractivity contribution is -0.175. The van der Waals surface area contributed by atoms with Crippen LogP contribution >= 0.6 is 11.8 Å². The van der Waals surface area contributed by atoms with E-state index in [1.165, 1.54) is 31.1 Å². The number of hydrogen-bond acceptors (Lipinski definition) is 9. The SMILES string of the molecule is COCc1cc(-n2ncc3c2C=C2CC[C@@H]4[C@H]([C@@H](O)C[C@@]5(C)[C@H]4CC[C@]5(OC(=O)c4ccco4)C(=O)SCC#N)[C@@]2(C)C3)ccc1F. The normalized spacial score (nSPS) is 32.3. The highest BCUT2D eigenvalue weighted by Crippen LogP contribution is 2.69. The first-order valence-corrected chi connectivity index (χ1v) is 17.1. The maximum atomic E-state index is 14.4. The first-order chi connectivity index (χ1) is 22.6. The van der Waals surface area contributed by atoms with Gasteiger partial charge in [0.15, 0.2) is 5.60 Å². The lowest BCUT2D eigenvalue weighted by atomic mass is 9.45. The third-order valence-electron chi connectivity index (χ3n) is 11.7. The van der Waals surface area contributed by atoms with Gasteiger partial charge in [0.1, 0.15) is 5.82 Å². The van der Waals surface area contributed by atoms with Crippen LogP contribution in [0.4, 0.5) is 4.39 Å². The van der Waals surface area contributed by atoms with Crippen LogP contribution in [0, 0.1) is 45.7 Å². The number of aliphatic hydroxyl groups excluding tert-OH is 1. The molecule has 4 aliphatic carbocycles. The average Bonchev–Trinajstić information content (AvgIpc) is 3.78. The molecule has 3 saturated carbocycles. The Morgan fingerprint density at radius 1 is 1.28 bits per heavy atom. The molecule has 47 heavy (non-hydrogen) atoms. The van der Waals surface area contributed by atoms with Gasteiger partial charge in [0.05, 0.1) is 48.4 Å². The van der Waals surface area contributed by atoms with E-state index in [9.17, 15) is 24.3 Å². The predicted molar refractivity (Wildman–Crippen MR) is 172 cm³/mol. The zero-order valence-corrected chi connectivity index (χ0v) is 27.5. The predicted octanol–water partition coefficient (Wildman–Crippen LogP) is 6.28. The zero-order chi connectivity index (χ0) is 33.1. The minimum atomic E-state index is -1.50. The fourth-order valence-electron chi connectivity index (χ4n) is 9.70. The fourth-order valence-corrected chi connectivity index (χ4v) is 10.5. The lowest BCUT2D eigenvalue weighted by Gasteiger charge is -2.60. The number of fused-ring (bicyclic) bond motifs is 6. The number of aliphatic hydroxyl groups is 1. The van der Waals surface area contributed by atoms with Crippen molar-refractivity contribution in [2.45, 2.75) is 70.7 Å². The summed E-state index contributed by atoms with van der Waals surface area (Å²) in [4.78, 5) is 27.3. The summed E-state index contributed by atoms with van der Waals surface area (Å²) in [7, 11) is 1.54. The molecule has 1 aromatic carbocycles. The van der Waals surface area contributed by atoms with Crippen LogP contribution in [0.15, 0.2) is 52.8 Å². The standard InChI is InChI=1S/C36H38FN3O6S/c1-34-17-22-19-39-40(24-7-9-27(37)21(15-24)20-44-3)28(22)16-23(34)6-8-25-26-10-11-36(33(43)47-14-12-38,35(26,2)18-29(41)31(25)34)46-32(42)30-5-4-13-45-30/h4-5,7,9,13,15-16,19,25-26,29,31,41H,6,8,10-11,14,17-18,20H2,1-3H3/t25-,26-,29-,31+,34-,35-,36-/m0/s1. The molecule has 0 aliphatic heterocycles. The van der Waals surface area contributed by atoms with E-state index in [0.717, 1.165) is 41.5 Å². The Kier molecular flexibility index (Phi) is 7.97. The summed E-state index contributed by atoms with van der Waals surface area (Å²) in [5.74, 6) is -1.04. The quantitative estimate of drug-likeness (QED) is 0.292. The number of methoxy groups -OCH3 is 1. The number of carbonyl (C=O) groups excluding carboxylic acids is 2. The number of aromatic nitrogens is 2. The third-order valence-corrected chi connectivity index (χ3v) is 12.6. The van der Waals surface area contributed by atoms with Gasteiger partial charge in [-0.3, -0.25) is 4.79 Å². The maximum absolute atomic E-state index is 14.4. The van der Waals surface area contributed by atoms with E-state index in [4.69, 9.17) is 19.0 Å². The summed E-state index contributed by atoms with van der Waals surface area (Å²) in [6.07, 6.45) is 8.31. The zero-order valence-electron chi connectivity index (χ0n) is 26.7. The minimum absolute atomic E-state index is 0.0119. The molecule has 9 nitrogen and oxygen atoms in total. The molecule has 4 aliphatic rings. The number of allylic oxidation sites excluding steroid dienone is 1. The van der Waals surface area contributed by atoms with Gasteiger partial charge in [0.2, 0.25) is 10.9 Å². The van der Waals surface area contributed by atoms with E-state index in [-0.39, 0.29) is 58.6 Å². The van der Waals surface area contributed by atoms with E-state index in [1.807, 2.05) is 23.9 Å². The van der Waals surface area contributed by atoms with Crippen molar-refractivity contribution in [2.24, 2.45) is 28.6 Å². The van der Waals surface area contributed by atoms with Crippen molar-refractivity contribution in [3.8, 4) is 11.8 Å². The van der Waals surface area contributed by atoms with E-state index < -0.39 is 23.1 Å². The van der Waals surface area contributed by atoms with Crippen LogP contribution in [0.5, 0.6) is 0 Å². The van der Waals surface area contributed by atoms with Crippen molar-refractivity contribution in [3.63, 3.8) is 0 Å².